The normalized spacial score (nSPS) is 24.1. The van der Waals surface area contributed by atoms with Crippen molar-refractivity contribution in [1.82, 2.24) is 10.2 Å². The maximum atomic E-state index is 11.6. The molecule has 1 fully saturated rings. The lowest BCUT2D eigenvalue weighted by Crippen LogP contribution is -2.42. The second-order valence-electron chi connectivity index (χ2n) is 4.63. The van der Waals surface area contributed by atoms with Gasteiger partial charge in [-0.25, -0.2) is 4.79 Å². The average molecular weight is 228 g/mol. The number of carbonyl (C=O) groups excluding carboxylic acids is 1. The van der Waals surface area contributed by atoms with E-state index in [1.165, 1.54) is 4.90 Å². The van der Waals surface area contributed by atoms with Crippen molar-refractivity contribution in [1.29, 1.82) is 0 Å². The van der Waals surface area contributed by atoms with Gasteiger partial charge in [0.15, 0.2) is 0 Å². The first-order valence-electron chi connectivity index (χ1n) is 5.72. The van der Waals surface area contributed by atoms with Crippen LogP contribution in [0.1, 0.15) is 32.6 Å². The Hall–Kier alpha value is -1.26. The van der Waals surface area contributed by atoms with Crippen LogP contribution in [0, 0.1) is 5.92 Å². The van der Waals surface area contributed by atoms with Crippen molar-refractivity contribution in [2.24, 2.45) is 5.92 Å². The molecule has 0 spiro atoms. The molecule has 2 atom stereocenters. The van der Waals surface area contributed by atoms with Crippen molar-refractivity contribution in [2.45, 2.75) is 38.6 Å². The van der Waals surface area contributed by atoms with Crippen LogP contribution in [0.5, 0.6) is 0 Å². The van der Waals surface area contributed by atoms with Crippen molar-refractivity contribution in [3.63, 3.8) is 0 Å². The molecule has 0 aromatic heterocycles. The standard InChI is InChI=1S/C11H20N2O3/c1-8-3-4-9(7-8)12-11(16)13(2)6-5-10(14)15/h8-9H,3-7H2,1-2H3,(H,12,16)(H,14,15). The fraction of sp³-hybridized carbons (Fsp3) is 0.818. The van der Waals surface area contributed by atoms with Crippen molar-refractivity contribution >= 4 is 12.0 Å². The molecule has 0 aliphatic heterocycles. The minimum Gasteiger partial charge on any atom is -0.481 e. The number of nitrogens with one attached hydrogen (secondary N) is 1. The summed E-state index contributed by atoms with van der Waals surface area (Å²) in [6.07, 6.45) is 3.20. The van der Waals surface area contributed by atoms with Gasteiger partial charge in [0.1, 0.15) is 0 Å². The zero-order valence-electron chi connectivity index (χ0n) is 9.90. The molecule has 2 unspecified atom stereocenters. The van der Waals surface area contributed by atoms with Crippen molar-refractivity contribution < 1.29 is 14.7 Å². The summed E-state index contributed by atoms with van der Waals surface area (Å²) in [5.74, 6) is -0.205. The molecule has 1 aliphatic rings. The van der Waals surface area contributed by atoms with E-state index in [0.717, 1.165) is 19.3 Å². The van der Waals surface area contributed by atoms with Crippen LogP contribution in [0.2, 0.25) is 0 Å². The highest BCUT2D eigenvalue weighted by atomic mass is 16.4. The maximum Gasteiger partial charge on any atom is 0.317 e. The number of aliphatic carboxylic acids is 1. The zero-order chi connectivity index (χ0) is 12.1. The Balaban J connectivity index is 2.26. The van der Waals surface area contributed by atoms with Gasteiger partial charge in [0, 0.05) is 19.6 Å². The first-order valence-corrected chi connectivity index (χ1v) is 5.72. The van der Waals surface area contributed by atoms with E-state index in [1.54, 1.807) is 7.05 Å². The molecule has 0 heterocycles. The minimum atomic E-state index is -0.880. The average Bonchev–Trinajstić information content (AvgIpc) is 2.60. The van der Waals surface area contributed by atoms with Crippen LogP contribution in [0.3, 0.4) is 0 Å². The Kier molecular flexibility index (Phi) is 4.58. The van der Waals surface area contributed by atoms with Crippen LogP contribution in [-0.4, -0.2) is 41.6 Å². The summed E-state index contributed by atoms with van der Waals surface area (Å²) >= 11 is 0. The van der Waals surface area contributed by atoms with Crippen LogP contribution in [0.25, 0.3) is 0 Å². The number of amides is 2. The molecule has 1 rings (SSSR count). The van der Waals surface area contributed by atoms with Crippen molar-refractivity contribution in [3.8, 4) is 0 Å². The van der Waals surface area contributed by atoms with E-state index in [2.05, 4.69) is 12.2 Å². The van der Waals surface area contributed by atoms with Gasteiger partial charge in [0.05, 0.1) is 6.42 Å². The molecule has 16 heavy (non-hydrogen) atoms. The molecule has 0 aromatic carbocycles. The second kappa shape index (κ2) is 5.72. The molecule has 0 bridgehead atoms. The molecule has 1 saturated carbocycles. The van der Waals surface area contributed by atoms with Gasteiger partial charge in [-0.2, -0.15) is 0 Å². The lowest BCUT2D eigenvalue weighted by atomic mass is 10.1. The molecule has 5 heteroatoms. The molecule has 0 radical (unpaired) electrons. The van der Waals surface area contributed by atoms with Crippen molar-refractivity contribution in [3.05, 3.63) is 0 Å². The predicted octanol–water partition coefficient (Wildman–Crippen LogP) is 1.29. The summed E-state index contributed by atoms with van der Waals surface area (Å²) < 4.78 is 0. The quantitative estimate of drug-likeness (QED) is 0.761. The van der Waals surface area contributed by atoms with Gasteiger partial charge in [0.25, 0.3) is 0 Å². The number of carboxylic acids is 1. The lowest BCUT2D eigenvalue weighted by Gasteiger charge is -2.20. The Morgan fingerprint density at radius 1 is 1.44 bits per heavy atom. The summed E-state index contributed by atoms with van der Waals surface area (Å²) in [5, 5.41) is 11.4. The van der Waals surface area contributed by atoms with Crippen LogP contribution < -0.4 is 5.32 Å². The SMILES string of the molecule is CC1CCC(NC(=O)N(C)CCC(=O)O)C1. The monoisotopic (exact) mass is 228 g/mol. The maximum absolute atomic E-state index is 11.6. The van der Waals surface area contributed by atoms with Gasteiger partial charge < -0.3 is 15.3 Å². The third-order valence-corrected chi connectivity index (χ3v) is 3.03. The van der Waals surface area contributed by atoms with Gasteiger partial charge >= 0.3 is 12.0 Å². The first-order chi connectivity index (χ1) is 7.49. The van der Waals surface area contributed by atoms with E-state index in [-0.39, 0.29) is 25.0 Å². The van der Waals surface area contributed by atoms with E-state index in [4.69, 9.17) is 5.11 Å². The van der Waals surface area contributed by atoms with Crippen LogP contribution >= 0.6 is 0 Å². The van der Waals surface area contributed by atoms with Crippen molar-refractivity contribution in [2.75, 3.05) is 13.6 Å². The highest BCUT2D eigenvalue weighted by molar-refractivity contribution is 5.75. The number of carboxylic acid groups (broad SMARTS) is 1. The molecule has 5 nitrogen and oxygen atoms in total. The number of rotatable bonds is 4. The third-order valence-electron chi connectivity index (χ3n) is 3.03. The van der Waals surface area contributed by atoms with E-state index >= 15 is 0 Å². The number of hydrogen-bond donors (Lipinski definition) is 2. The van der Waals surface area contributed by atoms with E-state index in [0.29, 0.717) is 5.92 Å². The number of carbonyl (C=O) groups is 2. The minimum absolute atomic E-state index is 0.00894. The largest absolute Gasteiger partial charge is 0.481 e. The zero-order valence-corrected chi connectivity index (χ0v) is 9.90. The fourth-order valence-corrected chi connectivity index (χ4v) is 1.99. The topological polar surface area (TPSA) is 69.6 Å². The number of nitrogens with zero attached hydrogens (tertiary/aromatic N) is 1. The Bertz CT molecular complexity index is 268. The summed E-state index contributed by atoms with van der Waals surface area (Å²) in [6.45, 7) is 2.43. The molecule has 2 N–H and O–H groups in total. The van der Waals surface area contributed by atoms with Gasteiger partial charge in [-0.05, 0) is 25.2 Å². The summed E-state index contributed by atoms with van der Waals surface area (Å²) in [4.78, 5) is 23.4. The molecule has 1 aliphatic carbocycles. The van der Waals surface area contributed by atoms with Crippen LogP contribution in [0.4, 0.5) is 4.79 Å². The van der Waals surface area contributed by atoms with E-state index < -0.39 is 5.97 Å². The molecular weight excluding hydrogens is 208 g/mol. The van der Waals surface area contributed by atoms with Crippen LogP contribution in [0.15, 0.2) is 0 Å². The number of urea groups is 1. The lowest BCUT2D eigenvalue weighted by molar-refractivity contribution is -0.137. The second-order valence-corrected chi connectivity index (χ2v) is 4.63. The molecule has 2 amide bonds. The van der Waals surface area contributed by atoms with Gasteiger partial charge in [-0.1, -0.05) is 6.92 Å². The van der Waals surface area contributed by atoms with E-state index in [1.807, 2.05) is 0 Å². The summed E-state index contributed by atoms with van der Waals surface area (Å²) in [6, 6.07) is 0.0927. The van der Waals surface area contributed by atoms with Gasteiger partial charge in [0.2, 0.25) is 0 Å². The highest BCUT2D eigenvalue weighted by Gasteiger charge is 2.23. The predicted molar refractivity (Wildman–Crippen MR) is 60.2 cm³/mol. The first kappa shape index (κ1) is 12.8. The molecule has 0 aromatic rings. The Labute approximate surface area is 95.8 Å². The van der Waals surface area contributed by atoms with Crippen LogP contribution in [-0.2, 0) is 4.79 Å². The Morgan fingerprint density at radius 3 is 2.62 bits per heavy atom. The highest BCUT2D eigenvalue weighted by Crippen LogP contribution is 2.24. The summed E-state index contributed by atoms with van der Waals surface area (Å²) in [7, 11) is 1.62. The summed E-state index contributed by atoms with van der Waals surface area (Å²) in [5.41, 5.74) is 0. The molecule has 0 saturated heterocycles. The third kappa shape index (κ3) is 4.08. The molecular formula is C11H20N2O3. The van der Waals surface area contributed by atoms with Gasteiger partial charge in [-0.15, -0.1) is 0 Å². The Morgan fingerprint density at radius 2 is 2.12 bits per heavy atom. The fourth-order valence-electron chi connectivity index (χ4n) is 1.99. The van der Waals surface area contributed by atoms with Gasteiger partial charge in [-0.3, -0.25) is 4.79 Å². The smallest absolute Gasteiger partial charge is 0.317 e. The van der Waals surface area contributed by atoms with E-state index in [9.17, 15) is 9.59 Å². The number of hydrogen-bond acceptors (Lipinski definition) is 2. The molecule has 92 valence electrons.